The van der Waals surface area contributed by atoms with Crippen molar-refractivity contribution in [1.82, 2.24) is 10.3 Å². The van der Waals surface area contributed by atoms with Crippen LogP contribution in [0, 0.1) is 0 Å². The average molecular weight is 490 g/mol. The summed E-state index contributed by atoms with van der Waals surface area (Å²) >= 11 is 0. The highest BCUT2D eigenvalue weighted by Gasteiger charge is 2.21. The molecule has 0 spiro atoms. The van der Waals surface area contributed by atoms with Gasteiger partial charge in [-0.2, -0.15) is 0 Å². The lowest BCUT2D eigenvalue weighted by atomic mass is 10.0. The number of para-hydroxylation sites is 1. The molecular formula is C18H21F2IN4O2. The van der Waals surface area contributed by atoms with Crippen molar-refractivity contribution in [3.63, 3.8) is 0 Å². The number of alkyl halides is 2. The predicted octanol–water partition coefficient (Wildman–Crippen LogP) is 3.27. The summed E-state index contributed by atoms with van der Waals surface area (Å²) < 4.78 is 34.9. The van der Waals surface area contributed by atoms with Gasteiger partial charge >= 0.3 is 0 Å². The van der Waals surface area contributed by atoms with E-state index in [4.69, 9.17) is 15.2 Å². The van der Waals surface area contributed by atoms with E-state index in [0.29, 0.717) is 12.3 Å². The van der Waals surface area contributed by atoms with Crippen molar-refractivity contribution in [2.75, 3.05) is 13.2 Å². The Balaban J connectivity index is 0.00000261. The summed E-state index contributed by atoms with van der Waals surface area (Å²) in [7, 11) is 0. The number of guanidine groups is 1. The Labute approximate surface area is 173 Å². The van der Waals surface area contributed by atoms with Crippen LogP contribution in [0.15, 0.2) is 47.5 Å². The van der Waals surface area contributed by atoms with E-state index in [0.717, 1.165) is 17.7 Å². The van der Waals surface area contributed by atoms with Crippen molar-refractivity contribution in [2.45, 2.75) is 25.4 Å². The van der Waals surface area contributed by atoms with Crippen molar-refractivity contribution in [2.24, 2.45) is 10.7 Å². The molecule has 146 valence electrons. The second kappa shape index (κ2) is 10.2. The molecular weight excluding hydrogens is 469 g/mol. The highest BCUT2D eigenvalue weighted by atomic mass is 127. The number of hydrogen-bond acceptors (Lipinski definition) is 4. The lowest BCUT2D eigenvalue weighted by Crippen LogP contribution is -2.37. The summed E-state index contributed by atoms with van der Waals surface area (Å²) in [5, 5.41) is 3.19. The van der Waals surface area contributed by atoms with Crippen LogP contribution in [0.5, 0.6) is 11.6 Å². The lowest BCUT2D eigenvalue weighted by Gasteiger charge is -2.26. The number of hydrogen-bond donors (Lipinski definition) is 2. The lowest BCUT2D eigenvalue weighted by molar-refractivity contribution is 0.0795. The Morgan fingerprint density at radius 1 is 1.30 bits per heavy atom. The molecule has 1 unspecified atom stereocenters. The van der Waals surface area contributed by atoms with Gasteiger partial charge in [0.25, 0.3) is 6.43 Å². The first-order chi connectivity index (χ1) is 12.6. The molecule has 1 aliphatic heterocycles. The van der Waals surface area contributed by atoms with Gasteiger partial charge in [0.05, 0.1) is 24.9 Å². The summed E-state index contributed by atoms with van der Waals surface area (Å²) in [5.74, 6) is 1.27. The topological polar surface area (TPSA) is 81.8 Å². The van der Waals surface area contributed by atoms with Crippen molar-refractivity contribution in [3.05, 3.63) is 53.7 Å². The fourth-order valence-corrected chi connectivity index (χ4v) is 2.66. The van der Waals surface area contributed by atoms with Crippen LogP contribution < -0.4 is 20.5 Å². The zero-order valence-corrected chi connectivity index (χ0v) is 16.8. The molecule has 0 bridgehead atoms. The van der Waals surface area contributed by atoms with Gasteiger partial charge in [0.15, 0.2) is 12.6 Å². The zero-order valence-electron chi connectivity index (χ0n) is 14.5. The number of nitrogens with one attached hydrogen (secondary N) is 1. The minimum Gasteiger partial charge on any atom is -0.493 e. The largest absolute Gasteiger partial charge is 0.493 e. The number of fused-ring (bicyclic) bond motifs is 1. The molecule has 9 heteroatoms. The van der Waals surface area contributed by atoms with Crippen LogP contribution in [-0.4, -0.2) is 30.6 Å². The van der Waals surface area contributed by atoms with Crippen LogP contribution in [0.3, 0.4) is 0 Å². The molecule has 3 rings (SSSR count). The van der Waals surface area contributed by atoms with Crippen LogP contribution in [0.2, 0.25) is 0 Å². The maximum Gasteiger partial charge on any atom is 0.272 e. The Bertz CT molecular complexity index is 777. The van der Waals surface area contributed by atoms with Gasteiger partial charge in [0, 0.05) is 18.1 Å². The van der Waals surface area contributed by atoms with Gasteiger partial charge in [-0.05, 0) is 12.1 Å². The van der Waals surface area contributed by atoms with E-state index in [9.17, 15) is 8.78 Å². The van der Waals surface area contributed by atoms with Gasteiger partial charge in [-0.1, -0.05) is 24.3 Å². The highest BCUT2D eigenvalue weighted by Crippen LogP contribution is 2.31. The maximum absolute atomic E-state index is 12.2. The van der Waals surface area contributed by atoms with Crippen LogP contribution in [-0.2, 0) is 6.54 Å². The average Bonchev–Trinajstić information content (AvgIpc) is 2.65. The molecule has 2 aromatic rings. The van der Waals surface area contributed by atoms with E-state index in [1.54, 1.807) is 12.1 Å². The number of halogens is 3. The van der Waals surface area contributed by atoms with Gasteiger partial charge < -0.3 is 20.5 Å². The first-order valence-corrected chi connectivity index (χ1v) is 8.27. The summed E-state index contributed by atoms with van der Waals surface area (Å²) in [6, 6.07) is 12.7. The smallest absolute Gasteiger partial charge is 0.272 e. The van der Waals surface area contributed by atoms with E-state index in [1.807, 2.05) is 24.3 Å². The molecule has 6 nitrogen and oxygen atoms in total. The van der Waals surface area contributed by atoms with Gasteiger partial charge in [-0.3, -0.25) is 0 Å². The number of rotatable bonds is 6. The zero-order chi connectivity index (χ0) is 18.4. The third-order valence-electron chi connectivity index (χ3n) is 3.83. The van der Waals surface area contributed by atoms with Crippen molar-refractivity contribution < 1.29 is 18.3 Å². The molecule has 0 aliphatic carbocycles. The first-order valence-electron chi connectivity index (χ1n) is 8.27. The molecule has 1 aromatic carbocycles. The quantitative estimate of drug-likeness (QED) is 0.369. The molecule has 1 aliphatic rings. The third kappa shape index (κ3) is 6.19. The second-order valence-electron chi connectivity index (χ2n) is 5.74. The van der Waals surface area contributed by atoms with Crippen LogP contribution in [0.25, 0.3) is 0 Å². The number of aromatic nitrogens is 1. The van der Waals surface area contributed by atoms with Gasteiger partial charge in [-0.15, -0.1) is 24.0 Å². The van der Waals surface area contributed by atoms with Crippen molar-refractivity contribution >= 4 is 29.9 Å². The molecule has 27 heavy (non-hydrogen) atoms. The Morgan fingerprint density at radius 3 is 2.93 bits per heavy atom. The first kappa shape index (κ1) is 21.1. The highest BCUT2D eigenvalue weighted by molar-refractivity contribution is 14.0. The molecule has 0 saturated heterocycles. The minimum atomic E-state index is -2.54. The number of benzene rings is 1. The van der Waals surface area contributed by atoms with Crippen molar-refractivity contribution in [3.8, 4) is 11.6 Å². The molecule has 0 radical (unpaired) electrons. The predicted molar refractivity (Wildman–Crippen MR) is 109 cm³/mol. The molecule has 0 amide bonds. The number of ether oxygens (including phenoxy) is 2. The number of pyridine rings is 1. The molecule has 3 N–H and O–H groups in total. The van der Waals surface area contributed by atoms with Gasteiger partial charge in [0.2, 0.25) is 5.88 Å². The molecule has 0 fully saturated rings. The fraction of sp³-hybridized carbons (Fsp3) is 0.333. The summed E-state index contributed by atoms with van der Waals surface area (Å²) in [4.78, 5) is 8.41. The molecule has 1 aromatic heterocycles. The van der Waals surface area contributed by atoms with Crippen LogP contribution in [0.1, 0.15) is 23.7 Å². The number of nitrogens with zero attached hydrogens (tertiary/aromatic N) is 2. The van der Waals surface area contributed by atoms with E-state index >= 15 is 0 Å². The summed E-state index contributed by atoms with van der Waals surface area (Å²) in [6.45, 7) is 0.134. The SMILES string of the molecule is I.NC(=NCc1cccc(OCC(F)F)n1)NC1CCOc2ccccc21. The maximum atomic E-state index is 12.2. The molecule has 2 heterocycles. The normalized spacial score (nSPS) is 16.1. The third-order valence-corrected chi connectivity index (χ3v) is 3.83. The van der Waals surface area contributed by atoms with E-state index in [-0.39, 0.29) is 48.4 Å². The monoisotopic (exact) mass is 490 g/mol. The van der Waals surface area contributed by atoms with E-state index in [2.05, 4.69) is 15.3 Å². The number of aliphatic imine (C=N–C) groups is 1. The molecule has 0 saturated carbocycles. The van der Waals surface area contributed by atoms with Crippen LogP contribution >= 0.6 is 24.0 Å². The fourth-order valence-electron chi connectivity index (χ4n) is 2.66. The minimum absolute atomic E-state index is 0. The number of nitrogens with two attached hydrogens (primary N) is 1. The van der Waals surface area contributed by atoms with Crippen LogP contribution in [0.4, 0.5) is 8.78 Å². The Kier molecular flexibility index (Phi) is 8.01. The standard InChI is InChI=1S/C18H20F2N4O2.HI/c19-16(20)11-26-17-7-3-4-12(23-17)10-22-18(21)24-14-8-9-25-15-6-2-1-5-13(14)15;/h1-7,14,16H,8-11H2,(H3,21,22,24);1H. The van der Waals surface area contributed by atoms with Gasteiger partial charge in [0.1, 0.15) is 5.75 Å². The summed E-state index contributed by atoms with van der Waals surface area (Å²) in [6.07, 6.45) is -1.76. The summed E-state index contributed by atoms with van der Waals surface area (Å²) in [5.41, 5.74) is 7.60. The Morgan fingerprint density at radius 2 is 2.11 bits per heavy atom. The Hall–Kier alpha value is -2.17. The van der Waals surface area contributed by atoms with Gasteiger partial charge in [-0.25, -0.2) is 18.8 Å². The molecule has 1 atom stereocenters. The van der Waals surface area contributed by atoms with E-state index in [1.165, 1.54) is 6.07 Å². The van der Waals surface area contributed by atoms with E-state index < -0.39 is 13.0 Å². The second-order valence-corrected chi connectivity index (χ2v) is 5.74. The van der Waals surface area contributed by atoms with Crippen molar-refractivity contribution in [1.29, 1.82) is 0 Å².